The number of aromatic nitrogens is 1. The second-order valence-electron chi connectivity index (χ2n) is 4.82. The number of pyridine rings is 1. The van der Waals surface area contributed by atoms with Gasteiger partial charge in [0.1, 0.15) is 11.4 Å². The molecule has 0 bridgehead atoms. The fraction of sp³-hybridized carbons (Fsp3) is 0.500. The highest BCUT2D eigenvalue weighted by atomic mass is 16.3. The summed E-state index contributed by atoms with van der Waals surface area (Å²) in [5.74, 6) is 0.999. The van der Waals surface area contributed by atoms with Crippen molar-refractivity contribution in [2.24, 2.45) is 0 Å². The first kappa shape index (κ1) is 11.5. The molecule has 2 aromatic heterocycles. The van der Waals surface area contributed by atoms with E-state index in [1.54, 1.807) is 12.5 Å². The van der Waals surface area contributed by atoms with Crippen LogP contribution >= 0.6 is 0 Å². The van der Waals surface area contributed by atoms with Gasteiger partial charge in [0.25, 0.3) is 0 Å². The monoisotopic (exact) mass is 246 g/mol. The van der Waals surface area contributed by atoms with Gasteiger partial charge in [-0.15, -0.1) is 0 Å². The molecule has 4 heteroatoms. The highest BCUT2D eigenvalue weighted by Crippen LogP contribution is 2.33. The van der Waals surface area contributed by atoms with Crippen LogP contribution in [-0.2, 0) is 0 Å². The van der Waals surface area contributed by atoms with E-state index in [1.165, 1.54) is 19.3 Å². The molecule has 18 heavy (non-hydrogen) atoms. The first-order valence-corrected chi connectivity index (χ1v) is 6.60. The average molecular weight is 246 g/mol. The Hall–Kier alpha value is -1.55. The number of aliphatic hydroxyl groups is 1. The Balaban J connectivity index is 1.94. The summed E-state index contributed by atoms with van der Waals surface area (Å²) >= 11 is 0. The fourth-order valence-electron chi connectivity index (χ4n) is 2.51. The van der Waals surface area contributed by atoms with Gasteiger partial charge >= 0.3 is 0 Å². The van der Waals surface area contributed by atoms with E-state index in [2.05, 4.69) is 9.88 Å². The maximum absolute atomic E-state index is 9.04. The first-order chi connectivity index (χ1) is 8.90. The predicted molar refractivity (Wildman–Crippen MR) is 70.7 cm³/mol. The molecular formula is C14H18N2O2. The Kier molecular flexibility index (Phi) is 3.19. The van der Waals surface area contributed by atoms with Crippen LogP contribution in [0.2, 0.25) is 0 Å². The van der Waals surface area contributed by atoms with E-state index in [1.807, 2.05) is 12.1 Å². The van der Waals surface area contributed by atoms with E-state index in [4.69, 9.17) is 9.52 Å². The lowest BCUT2D eigenvalue weighted by Gasteiger charge is -2.38. The highest BCUT2D eigenvalue weighted by molar-refractivity contribution is 5.88. The van der Waals surface area contributed by atoms with Crippen LogP contribution in [0.5, 0.6) is 0 Å². The van der Waals surface area contributed by atoms with Crippen LogP contribution in [0.15, 0.2) is 29.0 Å². The summed E-state index contributed by atoms with van der Waals surface area (Å²) in [5.41, 5.74) is 0.883. The SMILES string of the molecule is OCCCN(c1nccc2occc12)C1CCC1. The minimum absolute atomic E-state index is 0.227. The number of hydrogen-bond acceptors (Lipinski definition) is 4. The van der Waals surface area contributed by atoms with Crippen LogP contribution in [-0.4, -0.2) is 29.3 Å². The Morgan fingerprint density at radius 1 is 1.39 bits per heavy atom. The molecule has 0 aromatic carbocycles. The number of nitrogens with zero attached hydrogens (tertiary/aromatic N) is 2. The summed E-state index contributed by atoms with van der Waals surface area (Å²) in [5, 5.41) is 10.1. The number of furan rings is 1. The normalized spacial score (nSPS) is 15.8. The Bertz CT molecular complexity index is 519. The van der Waals surface area contributed by atoms with Gasteiger partial charge in [-0.05, 0) is 37.8 Å². The van der Waals surface area contributed by atoms with Crippen molar-refractivity contribution in [1.29, 1.82) is 0 Å². The Morgan fingerprint density at radius 2 is 2.28 bits per heavy atom. The lowest BCUT2D eigenvalue weighted by Crippen LogP contribution is -2.41. The van der Waals surface area contributed by atoms with Gasteiger partial charge < -0.3 is 14.4 Å². The molecule has 1 aliphatic rings. The largest absolute Gasteiger partial charge is 0.464 e. The molecule has 96 valence electrons. The molecule has 1 fully saturated rings. The van der Waals surface area contributed by atoms with Crippen LogP contribution in [0.3, 0.4) is 0 Å². The van der Waals surface area contributed by atoms with E-state index >= 15 is 0 Å². The molecule has 1 saturated carbocycles. The van der Waals surface area contributed by atoms with Gasteiger partial charge in [-0.2, -0.15) is 0 Å². The third-order valence-corrected chi connectivity index (χ3v) is 3.70. The van der Waals surface area contributed by atoms with Crippen molar-refractivity contribution in [1.82, 2.24) is 4.98 Å². The van der Waals surface area contributed by atoms with Crippen molar-refractivity contribution in [2.45, 2.75) is 31.7 Å². The maximum Gasteiger partial charge on any atom is 0.139 e. The molecule has 1 N–H and O–H groups in total. The minimum Gasteiger partial charge on any atom is -0.464 e. The zero-order valence-electron chi connectivity index (χ0n) is 10.4. The van der Waals surface area contributed by atoms with E-state index in [0.29, 0.717) is 6.04 Å². The molecule has 0 radical (unpaired) electrons. The van der Waals surface area contributed by atoms with Crippen molar-refractivity contribution in [3.63, 3.8) is 0 Å². The van der Waals surface area contributed by atoms with Gasteiger partial charge in [-0.3, -0.25) is 0 Å². The summed E-state index contributed by atoms with van der Waals surface area (Å²) in [6.07, 6.45) is 8.03. The molecule has 0 aliphatic heterocycles. The molecule has 3 rings (SSSR count). The molecule has 0 unspecified atom stereocenters. The van der Waals surface area contributed by atoms with E-state index < -0.39 is 0 Å². The van der Waals surface area contributed by atoms with Crippen LogP contribution in [0.25, 0.3) is 11.0 Å². The molecule has 1 aliphatic carbocycles. The Labute approximate surface area is 106 Å². The third kappa shape index (κ3) is 1.97. The van der Waals surface area contributed by atoms with Gasteiger partial charge in [0.2, 0.25) is 0 Å². The zero-order valence-corrected chi connectivity index (χ0v) is 10.4. The number of hydrogen-bond donors (Lipinski definition) is 1. The smallest absolute Gasteiger partial charge is 0.139 e. The lowest BCUT2D eigenvalue weighted by atomic mass is 9.91. The van der Waals surface area contributed by atoms with Gasteiger partial charge in [-0.25, -0.2) is 4.98 Å². The van der Waals surface area contributed by atoms with Gasteiger partial charge in [0.05, 0.1) is 11.6 Å². The summed E-state index contributed by atoms with van der Waals surface area (Å²) < 4.78 is 5.43. The minimum atomic E-state index is 0.227. The zero-order chi connectivity index (χ0) is 12.4. The molecule has 0 amide bonds. The van der Waals surface area contributed by atoms with Crippen LogP contribution in [0.1, 0.15) is 25.7 Å². The van der Waals surface area contributed by atoms with Crippen LogP contribution < -0.4 is 4.90 Å². The molecule has 0 saturated heterocycles. The van der Waals surface area contributed by atoms with Gasteiger partial charge in [0.15, 0.2) is 0 Å². The van der Waals surface area contributed by atoms with Crippen molar-refractivity contribution >= 4 is 16.8 Å². The van der Waals surface area contributed by atoms with Crippen molar-refractivity contribution in [2.75, 3.05) is 18.1 Å². The molecule has 4 nitrogen and oxygen atoms in total. The lowest BCUT2D eigenvalue weighted by molar-refractivity contribution is 0.282. The van der Waals surface area contributed by atoms with Crippen molar-refractivity contribution in [3.05, 3.63) is 24.6 Å². The Morgan fingerprint density at radius 3 is 3.00 bits per heavy atom. The quantitative estimate of drug-likeness (QED) is 0.881. The second kappa shape index (κ2) is 4.98. The van der Waals surface area contributed by atoms with Crippen LogP contribution in [0.4, 0.5) is 5.82 Å². The van der Waals surface area contributed by atoms with Crippen molar-refractivity contribution in [3.8, 4) is 0 Å². The number of fused-ring (bicyclic) bond motifs is 1. The standard InChI is InChI=1S/C14H18N2O2/c17-9-2-8-16(11-3-1-4-11)14-12-6-10-18-13(12)5-7-15-14/h5-7,10-11,17H,1-4,8-9H2. The molecule has 0 atom stereocenters. The summed E-state index contributed by atoms with van der Waals surface area (Å²) in [4.78, 5) is 6.85. The highest BCUT2D eigenvalue weighted by Gasteiger charge is 2.26. The number of anilines is 1. The fourth-order valence-corrected chi connectivity index (χ4v) is 2.51. The van der Waals surface area contributed by atoms with E-state index in [-0.39, 0.29) is 6.61 Å². The molecule has 2 heterocycles. The molecular weight excluding hydrogens is 228 g/mol. The summed E-state index contributed by atoms with van der Waals surface area (Å²) in [6.45, 7) is 1.09. The first-order valence-electron chi connectivity index (χ1n) is 6.60. The summed E-state index contributed by atoms with van der Waals surface area (Å²) in [6, 6.07) is 4.44. The molecule has 2 aromatic rings. The van der Waals surface area contributed by atoms with E-state index in [0.717, 1.165) is 29.8 Å². The third-order valence-electron chi connectivity index (χ3n) is 3.70. The molecule has 0 spiro atoms. The summed E-state index contributed by atoms with van der Waals surface area (Å²) in [7, 11) is 0. The van der Waals surface area contributed by atoms with Crippen molar-refractivity contribution < 1.29 is 9.52 Å². The van der Waals surface area contributed by atoms with Gasteiger partial charge in [0, 0.05) is 25.4 Å². The van der Waals surface area contributed by atoms with Crippen LogP contribution in [0, 0.1) is 0 Å². The van der Waals surface area contributed by atoms with Gasteiger partial charge in [-0.1, -0.05) is 0 Å². The average Bonchev–Trinajstić information content (AvgIpc) is 2.80. The number of aliphatic hydroxyl groups excluding tert-OH is 1. The predicted octanol–water partition coefficient (Wildman–Crippen LogP) is 2.57. The van der Waals surface area contributed by atoms with E-state index in [9.17, 15) is 0 Å². The maximum atomic E-state index is 9.04. The topological polar surface area (TPSA) is 49.5 Å². The second-order valence-corrected chi connectivity index (χ2v) is 4.82. The number of rotatable bonds is 5.